The molecule has 0 aromatic heterocycles. The number of nitrogens with zero attached hydrogens (tertiary/aromatic N) is 1. The summed E-state index contributed by atoms with van der Waals surface area (Å²) in [6.45, 7) is 2.89. The van der Waals surface area contributed by atoms with E-state index in [-0.39, 0.29) is 17.3 Å². The zero-order valence-electron chi connectivity index (χ0n) is 8.40. The van der Waals surface area contributed by atoms with Crippen molar-refractivity contribution in [1.29, 1.82) is 0 Å². The van der Waals surface area contributed by atoms with E-state index in [9.17, 15) is 14.9 Å². The number of nitro benzene ring substituents is 1. The second kappa shape index (κ2) is 3.95. The molecule has 0 heterocycles. The molecule has 0 saturated carbocycles. The van der Waals surface area contributed by atoms with E-state index in [0.29, 0.717) is 11.3 Å². The van der Waals surface area contributed by atoms with E-state index < -0.39 is 4.92 Å². The highest BCUT2D eigenvalue weighted by atomic mass is 16.6. The number of nitro groups is 1. The van der Waals surface area contributed by atoms with E-state index in [1.807, 2.05) is 0 Å². The van der Waals surface area contributed by atoms with Crippen LogP contribution in [-0.4, -0.2) is 10.8 Å². The smallest absolute Gasteiger partial charge is 0.276 e. The van der Waals surface area contributed by atoms with Gasteiger partial charge in [-0.2, -0.15) is 0 Å². The number of rotatable bonds is 2. The summed E-state index contributed by atoms with van der Waals surface area (Å²) in [5.74, 6) is -0.294. The fourth-order valence-corrected chi connectivity index (χ4v) is 1.23. The van der Waals surface area contributed by atoms with Gasteiger partial charge in [0.15, 0.2) is 0 Å². The monoisotopic (exact) mass is 209 g/mol. The van der Waals surface area contributed by atoms with E-state index in [2.05, 4.69) is 5.32 Å². The molecule has 1 aromatic carbocycles. The van der Waals surface area contributed by atoms with Crippen LogP contribution in [0.5, 0.6) is 0 Å². The summed E-state index contributed by atoms with van der Waals surface area (Å²) in [7, 11) is 0. The number of nitrogens with two attached hydrogens (primary N) is 1. The highest BCUT2D eigenvalue weighted by Crippen LogP contribution is 2.28. The maximum absolute atomic E-state index is 10.8. The van der Waals surface area contributed by atoms with Gasteiger partial charge in [0.1, 0.15) is 0 Å². The molecule has 1 amide bonds. The maximum atomic E-state index is 10.8. The first kappa shape index (κ1) is 11.0. The van der Waals surface area contributed by atoms with Crippen LogP contribution in [0.2, 0.25) is 0 Å². The second-order valence-corrected chi connectivity index (χ2v) is 3.15. The lowest BCUT2D eigenvalue weighted by molar-refractivity contribution is -0.385. The average molecular weight is 209 g/mol. The minimum atomic E-state index is -0.531. The summed E-state index contributed by atoms with van der Waals surface area (Å²) in [6, 6.07) is 2.75. The lowest BCUT2D eigenvalue weighted by Gasteiger charge is -2.07. The minimum Gasteiger partial charge on any atom is -0.398 e. The normalized spacial score (nSPS) is 9.73. The third kappa shape index (κ3) is 2.43. The van der Waals surface area contributed by atoms with Gasteiger partial charge in [0.2, 0.25) is 5.91 Å². The van der Waals surface area contributed by atoms with E-state index in [4.69, 9.17) is 5.73 Å². The molecular formula is C9H11N3O3. The van der Waals surface area contributed by atoms with Gasteiger partial charge in [-0.3, -0.25) is 14.9 Å². The number of hydrogen-bond acceptors (Lipinski definition) is 4. The zero-order valence-corrected chi connectivity index (χ0v) is 8.40. The van der Waals surface area contributed by atoms with Crippen LogP contribution in [-0.2, 0) is 4.79 Å². The van der Waals surface area contributed by atoms with Crippen molar-refractivity contribution < 1.29 is 9.72 Å². The van der Waals surface area contributed by atoms with Gasteiger partial charge >= 0.3 is 0 Å². The molecule has 0 radical (unpaired) electrons. The summed E-state index contributed by atoms with van der Waals surface area (Å²) >= 11 is 0. The molecule has 0 bridgehead atoms. The number of hydrogen-bond donors (Lipinski definition) is 2. The van der Waals surface area contributed by atoms with Crippen molar-refractivity contribution in [2.75, 3.05) is 11.1 Å². The lowest BCUT2D eigenvalue weighted by atomic mass is 10.1. The predicted octanol–water partition coefficient (Wildman–Crippen LogP) is 1.44. The van der Waals surface area contributed by atoms with Crippen molar-refractivity contribution in [2.45, 2.75) is 13.8 Å². The van der Waals surface area contributed by atoms with Gasteiger partial charge < -0.3 is 11.1 Å². The summed E-state index contributed by atoms with van der Waals surface area (Å²) in [5.41, 5.74) is 6.40. The van der Waals surface area contributed by atoms with Crippen molar-refractivity contribution >= 4 is 23.0 Å². The standard InChI is InChI=1S/C9H11N3O3/c1-5-8(11-6(2)13)3-7(10)4-9(5)12(14)15/h3-4H,10H2,1-2H3,(H,11,13). The summed E-state index contributed by atoms with van der Waals surface area (Å²) in [6.07, 6.45) is 0. The van der Waals surface area contributed by atoms with Crippen LogP contribution < -0.4 is 11.1 Å². The molecule has 1 aromatic rings. The number of carbonyl (C=O) groups is 1. The van der Waals surface area contributed by atoms with Crippen molar-refractivity contribution in [1.82, 2.24) is 0 Å². The second-order valence-electron chi connectivity index (χ2n) is 3.15. The Labute approximate surface area is 86.2 Å². The Kier molecular flexibility index (Phi) is 2.89. The van der Waals surface area contributed by atoms with Gasteiger partial charge in [-0.15, -0.1) is 0 Å². The Morgan fingerprint density at radius 3 is 2.60 bits per heavy atom. The van der Waals surface area contributed by atoms with Crippen molar-refractivity contribution in [3.8, 4) is 0 Å². The van der Waals surface area contributed by atoms with Crippen molar-refractivity contribution in [3.05, 3.63) is 27.8 Å². The van der Waals surface area contributed by atoms with Gasteiger partial charge in [-0.05, 0) is 13.0 Å². The number of carbonyl (C=O) groups excluding carboxylic acids is 1. The molecule has 1 rings (SSSR count). The minimum absolute atomic E-state index is 0.0984. The first-order valence-corrected chi connectivity index (χ1v) is 4.24. The largest absolute Gasteiger partial charge is 0.398 e. The molecule has 0 fully saturated rings. The topological polar surface area (TPSA) is 98.3 Å². The van der Waals surface area contributed by atoms with Gasteiger partial charge in [0, 0.05) is 18.7 Å². The predicted molar refractivity (Wildman–Crippen MR) is 56.5 cm³/mol. The first-order valence-electron chi connectivity index (χ1n) is 4.24. The van der Waals surface area contributed by atoms with Crippen molar-refractivity contribution in [2.24, 2.45) is 0 Å². The van der Waals surface area contributed by atoms with Gasteiger partial charge in [-0.1, -0.05) is 0 Å². The van der Waals surface area contributed by atoms with E-state index >= 15 is 0 Å². The highest BCUT2D eigenvalue weighted by molar-refractivity contribution is 5.91. The summed E-state index contributed by atoms with van der Waals surface area (Å²) in [5, 5.41) is 13.1. The SMILES string of the molecule is CC(=O)Nc1cc(N)cc([N+](=O)[O-])c1C. The van der Waals surface area contributed by atoms with Crippen LogP contribution in [0, 0.1) is 17.0 Å². The molecule has 0 aliphatic heterocycles. The molecule has 0 aliphatic rings. The number of anilines is 2. The molecule has 0 saturated heterocycles. The lowest BCUT2D eigenvalue weighted by Crippen LogP contribution is -2.08. The Hall–Kier alpha value is -2.11. The number of benzene rings is 1. The number of amides is 1. The van der Waals surface area contributed by atoms with Gasteiger partial charge in [-0.25, -0.2) is 0 Å². The Balaban J connectivity index is 3.28. The van der Waals surface area contributed by atoms with E-state index in [1.165, 1.54) is 19.1 Å². The Morgan fingerprint density at radius 1 is 1.53 bits per heavy atom. The Bertz CT molecular complexity index is 429. The number of nitrogen functional groups attached to an aromatic ring is 1. The molecule has 6 nitrogen and oxygen atoms in total. The van der Waals surface area contributed by atoms with Crippen LogP contribution >= 0.6 is 0 Å². The van der Waals surface area contributed by atoms with Crippen LogP contribution in [0.15, 0.2) is 12.1 Å². The Morgan fingerprint density at radius 2 is 2.13 bits per heavy atom. The maximum Gasteiger partial charge on any atom is 0.276 e. The third-order valence-electron chi connectivity index (χ3n) is 1.91. The van der Waals surface area contributed by atoms with Gasteiger partial charge in [0.25, 0.3) is 5.69 Å². The molecule has 15 heavy (non-hydrogen) atoms. The molecule has 6 heteroatoms. The quantitative estimate of drug-likeness (QED) is 0.437. The molecule has 0 aliphatic carbocycles. The fourth-order valence-electron chi connectivity index (χ4n) is 1.23. The molecular weight excluding hydrogens is 198 g/mol. The summed E-state index contributed by atoms with van der Waals surface area (Å²) < 4.78 is 0. The molecule has 0 atom stereocenters. The van der Waals surface area contributed by atoms with Crippen LogP contribution in [0.1, 0.15) is 12.5 Å². The van der Waals surface area contributed by atoms with Crippen LogP contribution in [0.3, 0.4) is 0 Å². The average Bonchev–Trinajstić information content (AvgIpc) is 2.09. The van der Waals surface area contributed by atoms with Gasteiger partial charge in [0.05, 0.1) is 16.2 Å². The first-order chi connectivity index (χ1) is 6.91. The third-order valence-corrected chi connectivity index (χ3v) is 1.91. The zero-order chi connectivity index (χ0) is 11.6. The molecule has 0 unspecified atom stereocenters. The van der Waals surface area contributed by atoms with E-state index in [1.54, 1.807) is 6.92 Å². The molecule has 0 spiro atoms. The van der Waals surface area contributed by atoms with Crippen LogP contribution in [0.25, 0.3) is 0 Å². The van der Waals surface area contributed by atoms with Crippen molar-refractivity contribution in [3.63, 3.8) is 0 Å². The number of nitrogens with one attached hydrogen (secondary N) is 1. The van der Waals surface area contributed by atoms with E-state index in [0.717, 1.165) is 0 Å². The fraction of sp³-hybridized carbons (Fsp3) is 0.222. The molecule has 3 N–H and O–H groups in total. The van der Waals surface area contributed by atoms with Crippen LogP contribution in [0.4, 0.5) is 17.1 Å². The molecule has 80 valence electrons. The summed E-state index contributed by atoms with van der Waals surface area (Å²) in [4.78, 5) is 21.0. The highest BCUT2D eigenvalue weighted by Gasteiger charge is 2.15.